The monoisotopic (exact) mass is 256 g/mol. The number of carboxylic acid groups (broad SMARTS) is 1. The van der Waals surface area contributed by atoms with Gasteiger partial charge in [0.15, 0.2) is 0 Å². The number of hydrogen-bond donors (Lipinski definition) is 1. The molecule has 19 heavy (non-hydrogen) atoms. The van der Waals surface area contributed by atoms with Crippen molar-refractivity contribution < 1.29 is 14.6 Å². The first-order chi connectivity index (χ1) is 9.15. The predicted molar refractivity (Wildman–Crippen MR) is 74.8 cm³/mol. The number of aromatic carboxylic acids is 1. The van der Waals surface area contributed by atoms with Crippen LogP contribution in [0.15, 0.2) is 42.5 Å². The molecule has 0 unspecified atom stereocenters. The summed E-state index contributed by atoms with van der Waals surface area (Å²) >= 11 is 0. The number of hydrogen-bond acceptors (Lipinski definition) is 2. The van der Waals surface area contributed by atoms with Crippen LogP contribution in [-0.4, -0.2) is 18.2 Å². The van der Waals surface area contributed by atoms with E-state index in [1.807, 2.05) is 24.3 Å². The maximum absolute atomic E-state index is 11.3. The average Bonchev–Trinajstić information content (AvgIpc) is 2.46. The van der Waals surface area contributed by atoms with Gasteiger partial charge in [-0.3, -0.25) is 0 Å². The Hall–Kier alpha value is -2.29. The molecule has 0 radical (unpaired) electrons. The van der Waals surface area contributed by atoms with E-state index in [4.69, 9.17) is 4.74 Å². The Kier molecular flexibility index (Phi) is 3.85. The minimum atomic E-state index is -0.950. The van der Waals surface area contributed by atoms with Crippen LogP contribution < -0.4 is 4.74 Å². The number of rotatable bonds is 4. The Morgan fingerprint density at radius 1 is 1.16 bits per heavy atom. The highest BCUT2D eigenvalue weighted by Crippen LogP contribution is 2.27. The van der Waals surface area contributed by atoms with E-state index >= 15 is 0 Å². The molecule has 0 aliphatic heterocycles. The topological polar surface area (TPSA) is 46.5 Å². The summed E-state index contributed by atoms with van der Waals surface area (Å²) in [5.74, 6) is -0.403. The number of ether oxygens (including phenoxy) is 1. The van der Waals surface area contributed by atoms with Crippen LogP contribution in [0.5, 0.6) is 5.75 Å². The van der Waals surface area contributed by atoms with E-state index in [1.165, 1.54) is 12.7 Å². The molecule has 98 valence electrons. The Labute approximate surface area is 112 Å². The summed E-state index contributed by atoms with van der Waals surface area (Å²) in [5, 5.41) is 9.29. The Balaban J connectivity index is 2.50. The summed E-state index contributed by atoms with van der Waals surface area (Å²) in [5.41, 5.74) is 3.09. The van der Waals surface area contributed by atoms with Crippen LogP contribution in [-0.2, 0) is 6.42 Å². The molecule has 0 atom stereocenters. The second-order valence-electron chi connectivity index (χ2n) is 4.27. The van der Waals surface area contributed by atoms with Crippen molar-refractivity contribution in [2.75, 3.05) is 7.11 Å². The van der Waals surface area contributed by atoms with Crippen molar-refractivity contribution in [3.63, 3.8) is 0 Å². The van der Waals surface area contributed by atoms with E-state index in [0.717, 1.165) is 12.0 Å². The molecule has 0 saturated heterocycles. The molecule has 1 N–H and O–H groups in total. The van der Waals surface area contributed by atoms with Crippen molar-refractivity contribution in [1.29, 1.82) is 0 Å². The molecule has 2 rings (SSSR count). The third kappa shape index (κ3) is 2.76. The van der Waals surface area contributed by atoms with Crippen LogP contribution in [0.2, 0.25) is 0 Å². The standard InChI is InChI=1S/C16H16O3/c1-3-11-4-6-12(7-5-11)14-9-8-13(19-2)10-15(14)16(17)18/h4-10H,3H2,1-2H3,(H,17,18). The molecule has 0 amide bonds. The quantitative estimate of drug-likeness (QED) is 0.908. The van der Waals surface area contributed by atoms with Crippen molar-refractivity contribution in [2.45, 2.75) is 13.3 Å². The van der Waals surface area contributed by atoms with Crippen molar-refractivity contribution in [3.05, 3.63) is 53.6 Å². The summed E-state index contributed by atoms with van der Waals surface area (Å²) in [7, 11) is 1.52. The van der Waals surface area contributed by atoms with Gasteiger partial charge in [0.1, 0.15) is 5.75 Å². The van der Waals surface area contributed by atoms with Crippen molar-refractivity contribution in [3.8, 4) is 16.9 Å². The van der Waals surface area contributed by atoms with Gasteiger partial charge in [-0.2, -0.15) is 0 Å². The van der Waals surface area contributed by atoms with Gasteiger partial charge in [-0.05, 0) is 41.3 Å². The Morgan fingerprint density at radius 3 is 2.37 bits per heavy atom. The van der Waals surface area contributed by atoms with Gasteiger partial charge in [0.2, 0.25) is 0 Å². The zero-order valence-corrected chi connectivity index (χ0v) is 11.0. The highest BCUT2D eigenvalue weighted by molar-refractivity contribution is 5.96. The van der Waals surface area contributed by atoms with Crippen LogP contribution in [0.25, 0.3) is 11.1 Å². The molecule has 0 heterocycles. The smallest absolute Gasteiger partial charge is 0.336 e. The van der Waals surface area contributed by atoms with Gasteiger partial charge in [-0.25, -0.2) is 4.79 Å². The molecular weight excluding hydrogens is 240 g/mol. The number of benzene rings is 2. The first-order valence-corrected chi connectivity index (χ1v) is 6.16. The fourth-order valence-electron chi connectivity index (χ4n) is 2.00. The number of methoxy groups -OCH3 is 1. The Bertz CT molecular complexity index is 585. The zero-order chi connectivity index (χ0) is 13.8. The van der Waals surface area contributed by atoms with E-state index in [2.05, 4.69) is 6.92 Å². The molecule has 0 spiro atoms. The molecule has 0 bridgehead atoms. The third-order valence-corrected chi connectivity index (χ3v) is 3.13. The minimum absolute atomic E-state index is 0.253. The second kappa shape index (κ2) is 5.57. The van der Waals surface area contributed by atoms with Crippen LogP contribution in [0.3, 0.4) is 0 Å². The van der Waals surface area contributed by atoms with Crippen LogP contribution in [0.1, 0.15) is 22.8 Å². The SMILES string of the molecule is CCc1ccc(-c2ccc(OC)cc2C(=O)O)cc1. The lowest BCUT2D eigenvalue weighted by Crippen LogP contribution is -2.00. The highest BCUT2D eigenvalue weighted by Gasteiger charge is 2.12. The minimum Gasteiger partial charge on any atom is -0.497 e. The molecule has 2 aromatic rings. The zero-order valence-electron chi connectivity index (χ0n) is 11.0. The molecule has 3 nitrogen and oxygen atoms in total. The summed E-state index contributed by atoms with van der Waals surface area (Å²) in [4.78, 5) is 11.3. The van der Waals surface area contributed by atoms with Crippen molar-refractivity contribution in [2.24, 2.45) is 0 Å². The first-order valence-electron chi connectivity index (χ1n) is 6.16. The number of carboxylic acids is 1. The van der Waals surface area contributed by atoms with Crippen molar-refractivity contribution >= 4 is 5.97 Å². The lowest BCUT2D eigenvalue weighted by atomic mass is 9.98. The maximum atomic E-state index is 11.3. The van der Waals surface area contributed by atoms with Gasteiger partial charge in [-0.15, -0.1) is 0 Å². The summed E-state index contributed by atoms with van der Waals surface area (Å²) in [6, 6.07) is 13.0. The van der Waals surface area contributed by atoms with E-state index in [0.29, 0.717) is 11.3 Å². The van der Waals surface area contributed by atoms with Crippen LogP contribution >= 0.6 is 0 Å². The van der Waals surface area contributed by atoms with Crippen LogP contribution in [0.4, 0.5) is 0 Å². The van der Waals surface area contributed by atoms with E-state index in [9.17, 15) is 9.90 Å². The number of carbonyl (C=O) groups is 1. The van der Waals surface area contributed by atoms with Crippen molar-refractivity contribution in [1.82, 2.24) is 0 Å². The van der Waals surface area contributed by atoms with Gasteiger partial charge < -0.3 is 9.84 Å². The molecule has 0 aliphatic rings. The van der Waals surface area contributed by atoms with Gasteiger partial charge in [-0.1, -0.05) is 31.2 Å². The lowest BCUT2D eigenvalue weighted by Gasteiger charge is -2.09. The molecular formula is C16H16O3. The molecule has 0 aromatic heterocycles. The first kappa shape index (κ1) is 13.1. The van der Waals surface area contributed by atoms with Gasteiger partial charge in [0, 0.05) is 0 Å². The normalized spacial score (nSPS) is 10.2. The number of aryl methyl sites for hydroxylation is 1. The van der Waals surface area contributed by atoms with E-state index < -0.39 is 5.97 Å². The van der Waals surface area contributed by atoms with Gasteiger partial charge >= 0.3 is 5.97 Å². The fraction of sp³-hybridized carbons (Fsp3) is 0.188. The third-order valence-electron chi connectivity index (χ3n) is 3.13. The highest BCUT2D eigenvalue weighted by atomic mass is 16.5. The largest absolute Gasteiger partial charge is 0.497 e. The fourth-order valence-corrected chi connectivity index (χ4v) is 2.00. The van der Waals surface area contributed by atoms with E-state index in [-0.39, 0.29) is 5.56 Å². The molecule has 0 saturated carbocycles. The Morgan fingerprint density at radius 2 is 1.84 bits per heavy atom. The van der Waals surface area contributed by atoms with Crippen LogP contribution in [0, 0.1) is 0 Å². The summed E-state index contributed by atoms with van der Waals surface area (Å²) in [6.45, 7) is 2.09. The molecule has 0 fully saturated rings. The maximum Gasteiger partial charge on any atom is 0.336 e. The second-order valence-corrected chi connectivity index (χ2v) is 4.27. The molecule has 2 aromatic carbocycles. The van der Waals surface area contributed by atoms with E-state index in [1.54, 1.807) is 18.2 Å². The van der Waals surface area contributed by atoms with Gasteiger partial charge in [0.05, 0.1) is 12.7 Å². The lowest BCUT2D eigenvalue weighted by molar-refractivity contribution is 0.0697. The predicted octanol–water partition coefficient (Wildman–Crippen LogP) is 3.62. The van der Waals surface area contributed by atoms with Gasteiger partial charge in [0.25, 0.3) is 0 Å². The summed E-state index contributed by atoms with van der Waals surface area (Å²) in [6.07, 6.45) is 0.967. The molecule has 3 heteroatoms. The summed E-state index contributed by atoms with van der Waals surface area (Å²) < 4.78 is 5.07. The molecule has 0 aliphatic carbocycles. The average molecular weight is 256 g/mol.